The third kappa shape index (κ3) is 1.44. The molecule has 0 aliphatic carbocycles. The number of anilines is 1. The molecule has 0 saturated heterocycles. The van der Waals surface area contributed by atoms with E-state index in [1.807, 2.05) is 19.1 Å². The van der Waals surface area contributed by atoms with Crippen molar-refractivity contribution < 1.29 is 0 Å². The fourth-order valence-corrected chi connectivity index (χ4v) is 1.58. The molecule has 4 nitrogen and oxygen atoms in total. The van der Waals surface area contributed by atoms with Gasteiger partial charge in [-0.2, -0.15) is 0 Å². The second-order valence-electron chi connectivity index (χ2n) is 2.93. The molecule has 5 heteroatoms. The number of nitrogens with zero attached hydrogens (tertiary/aromatic N) is 2. The summed E-state index contributed by atoms with van der Waals surface area (Å²) in [5.41, 5.74) is 5.05. The standard InChI is InChI=1S/C9H9BrN4/c1-5-7(10)4-6-8(14-11)2-3-12-9(6)13-5/h2-4H,11H2,1H3,(H,12,13,14). The van der Waals surface area contributed by atoms with Gasteiger partial charge in [-0.05, 0) is 35.0 Å². The monoisotopic (exact) mass is 252 g/mol. The number of aryl methyl sites for hydroxylation is 1. The molecule has 0 bridgehead atoms. The molecule has 14 heavy (non-hydrogen) atoms. The van der Waals surface area contributed by atoms with E-state index < -0.39 is 0 Å². The molecule has 0 aliphatic heterocycles. The molecule has 0 fully saturated rings. The predicted molar refractivity (Wildman–Crippen MR) is 59.8 cm³/mol. The van der Waals surface area contributed by atoms with Crippen molar-refractivity contribution in [3.05, 3.63) is 28.5 Å². The van der Waals surface area contributed by atoms with E-state index in [1.165, 1.54) is 0 Å². The lowest BCUT2D eigenvalue weighted by Crippen LogP contribution is -2.07. The number of fused-ring (bicyclic) bond motifs is 1. The molecule has 2 aromatic rings. The van der Waals surface area contributed by atoms with Crippen molar-refractivity contribution in [1.82, 2.24) is 9.97 Å². The van der Waals surface area contributed by atoms with Crippen molar-refractivity contribution in [3.8, 4) is 0 Å². The quantitative estimate of drug-likeness (QED) is 0.602. The maximum Gasteiger partial charge on any atom is 0.161 e. The molecule has 72 valence electrons. The van der Waals surface area contributed by atoms with Gasteiger partial charge in [-0.3, -0.25) is 5.84 Å². The Balaban J connectivity index is 2.81. The molecule has 0 atom stereocenters. The van der Waals surface area contributed by atoms with Crippen LogP contribution in [0, 0.1) is 6.92 Å². The molecule has 3 N–H and O–H groups in total. The van der Waals surface area contributed by atoms with Gasteiger partial charge < -0.3 is 5.43 Å². The van der Waals surface area contributed by atoms with E-state index in [1.54, 1.807) is 6.20 Å². The number of nitrogens with two attached hydrogens (primary N) is 1. The van der Waals surface area contributed by atoms with E-state index in [0.29, 0.717) is 5.65 Å². The van der Waals surface area contributed by atoms with E-state index in [2.05, 4.69) is 31.3 Å². The van der Waals surface area contributed by atoms with Gasteiger partial charge in [0, 0.05) is 16.1 Å². The Hall–Kier alpha value is -1.20. The fourth-order valence-electron chi connectivity index (χ4n) is 1.26. The molecule has 0 spiro atoms. The summed E-state index contributed by atoms with van der Waals surface area (Å²) in [6, 6.07) is 3.77. The highest BCUT2D eigenvalue weighted by Crippen LogP contribution is 2.24. The first kappa shape index (κ1) is 9.36. The van der Waals surface area contributed by atoms with Crippen molar-refractivity contribution in [2.24, 2.45) is 5.84 Å². The molecule has 0 saturated carbocycles. The molecule has 0 amide bonds. The average molecular weight is 253 g/mol. The molecule has 0 aromatic carbocycles. The van der Waals surface area contributed by atoms with Gasteiger partial charge in [0.15, 0.2) is 5.65 Å². The van der Waals surface area contributed by atoms with E-state index in [0.717, 1.165) is 21.2 Å². The molecule has 2 rings (SSSR count). The maximum absolute atomic E-state index is 5.38. The van der Waals surface area contributed by atoms with Crippen molar-refractivity contribution in [3.63, 3.8) is 0 Å². The zero-order valence-corrected chi connectivity index (χ0v) is 9.17. The number of hydrogen-bond donors (Lipinski definition) is 2. The van der Waals surface area contributed by atoms with Crippen LogP contribution in [0.1, 0.15) is 5.69 Å². The topological polar surface area (TPSA) is 63.8 Å². The summed E-state index contributed by atoms with van der Waals surface area (Å²) in [6.07, 6.45) is 1.68. The van der Waals surface area contributed by atoms with Crippen LogP contribution in [0.4, 0.5) is 5.69 Å². The third-order valence-electron chi connectivity index (χ3n) is 2.01. The van der Waals surface area contributed by atoms with Crippen LogP contribution in [0.2, 0.25) is 0 Å². The summed E-state index contributed by atoms with van der Waals surface area (Å²) >= 11 is 3.42. The fraction of sp³-hybridized carbons (Fsp3) is 0.111. The number of pyridine rings is 2. The lowest BCUT2D eigenvalue weighted by atomic mass is 10.2. The second-order valence-corrected chi connectivity index (χ2v) is 3.78. The van der Waals surface area contributed by atoms with Crippen molar-refractivity contribution in [2.75, 3.05) is 5.43 Å². The molecule has 0 aliphatic rings. The number of nitrogens with one attached hydrogen (secondary N) is 1. The first-order valence-corrected chi connectivity index (χ1v) is 4.90. The summed E-state index contributed by atoms with van der Waals surface area (Å²) in [5.74, 6) is 5.38. The van der Waals surface area contributed by atoms with Crippen LogP contribution >= 0.6 is 15.9 Å². The molecule has 0 unspecified atom stereocenters. The van der Waals surface area contributed by atoms with Crippen LogP contribution in [0.3, 0.4) is 0 Å². The highest BCUT2D eigenvalue weighted by atomic mass is 79.9. The van der Waals surface area contributed by atoms with E-state index in [-0.39, 0.29) is 0 Å². The SMILES string of the molecule is Cc1nc2nccc(NN)c2cc1Br. The number of rotatable bonds is 1. The number of hydrogen-bond acceptors (Lipinski definition) is 4. The highest BCUT2D eigenvalue weighted by Gasteiger charge is 2.04. The first-order valence-electron chi connectivity index (χ1n) is 4.11. The normalized spacial score (nSPS) is 10.5. The van der Waals surface area contributed by atoms with Crippen molar-refractivity contribution >= 4 is 32.7 Å². The van der Waals surface area contributed by atoms with E-state index in [9.17, 15) is 0 Å². The van der Waals surface area contributed by atoms with Crippen LogP contribution in [0.5, 0.6) is 0 Å². The first-order chi connectivity index (χ1) is 6.72. The summed E-state index contributed by atoms with van der Waals surface area (Å²) in [7, 11) is 0. The Bertz CT molecular complexity index is 483. The van der Waals surface area contributed by atoms with Gasteiger partial charge in [0.2, 0.25) is 0 Å². The second kappa shape index (κ2) is 3.51. The lowest BCUT2D eigenvalue weighted by Gasteiger charge is -2.05. The Kier molecular flexibility index (Phi) is 2.35. The minimum absolute atomic E-state index is 0.696. The predicted octanol–water partition coefficient (Wildman–Crippen LogP) is 1.99. The minimum Gasteiger partial charge on any atom is -0.323 e. The van der Waals surface area contributed by atoms with Gasteiger partial charge >= 0.3 is 0 Å². The van der Waals surface area contributed by atoms with E-state index in [4.69, 9.17) is 5.84 Å². The van der Waals surface area contributed by atoms with Gasteiger partial charge in [0.1, 0.15) is 0 Å². The third-order valence-corrected chi connectivity index (χ3v) is 2.82. The van der Waals surface area contributed by atoms with Crippen molar-refractivity contribution in [1.29, 1.82) is 0 Å². The van der Waals surface area contributed by atoms with Gasteiger partial charge in [0.25, 0.3) is 0 Å². The summed E-state index contributed by atoms with van der Waals surface area (Å²) in [6.45, 7) is 1.92. The van der Waals surface area contributed by atoms with Gasteiger partial charge in [-0.1, -0.05) is 0 Å². The summed E-state index contributed by atoms with van der Waals surface area (Å²) in [5, 5.41) is 0.910. The highest BCUT2D eigenvalue weighted by molar-refractivity contribution is 9.10. The molecular formula is C9H9BrN4. The smallest absolute Gasteiger partial charge is 0.161 e. The Morgan fingerprint density at radius 2 is 2.29 bits per heavy atom. The zero-order chi connectivity index (χ0) is 10.1. The number of nitrogen functional groups attached to an aromatic ring is 1. The Morgan fingerprint density at radius 3 is 3.00 bits per heavy atom. The van der Waals surface area contributed by atoms with E-state index >= 15 is 0 Å². The van der Waals surface area contributed by atoms with Crippen LogP contribution in [0.15, 0.2) is 22.8 Å². The minimum atomic E-state index is 0.696. The Morgan fingerprint density at radius 1 is 1.50 bits per heavy atom. The Labute approximate surface area is 89.6 Å². The largest absolute Gasteiger partial charge is 0.323 e. The van der Waals surface area contributed by atoms with Crippen LogP contribution in [0.25, 0.3) is 11.0 Å². The average Bonchev–Trinajstić information content (AvgIpc) is 2.19. The van der Waals surface area contributed by atoms with Gasteiger partial charge in [0.05, 0.1) is 11.4 Å². The van der Waals surface area contributed by atoms with Crippen LogP contribution in [-0.2, 0) is 0 Å². The summed E-state index contributed by atoms with van der Waals surface area (Å²) in [4.78, 5) is 8.49. The molecule has 0 radical (unpaired) electrons. The summed E-state index contributed by atoms with van der Waals surface area (Å²) < 4.78 is 0.953. The number of hydrazine groups is 1. The van der Waals surface area contributed by atoms with Gasteiger partial charge in [-0.15, -0.1) is 0 Å². The van der Waals surface area contributed by atoms with Crippen LogP contribution in [-0.4, -0.2) is 9.97 Å². The number of halogens is 1. The van der Waals surface area contributed by atoms with Crippen LogP contribution < -0.4 is 11.3 Å². The lowest BCUT2D eigenvalue weighted by molar-refractivity contribution is 1.18. The van der Waals surface area contributed by atoms with Crippen molar-refractivity contribution in [2.45, 2.75) is 6.92 Å². The molecule has 2 aromatic heterocycles. The van der Waals surface area contributed by atoms with Gasteiger partial charge in [-0.25, -0.2) is 9.97 Å². The maximum atomic E-state index is 5.38. The zero-order valence-electron chi connectivity index (χ0n) is 7.58. The molecular weight excluding hydrogens is 244 g/mol. The number of aromatic nitrogens is 2. The molecule has 2 heterocycles.